The van der Waals surface area contributed by atoms with Crippen molar-refractivity contribution in [3.8, 4) is 5.75 Å². The second-order valence-corrected chi connectivity index (χ2v) is 6.07. The van der Waals surface area contributed by atoms with Crippen molar-refractivity contribution in [2.75, 3.05) is 20.3 Å². The lowest BCUT2D eigenvalue weighted by Crippen LogP contribution is -2.04. The summed E-state index contributed by atoms with van der Waals surface area (Å²) in [5.41, 5.74) is 1.86. The van der Waals surface area contributed by atoms with Gasteiger partial charge in [0.1, 0.15) is 17.5 Å². The van der Waals surface area contributed by atoms with Crippen LogP contribution in [-0.2, 0) is 4.74 Å². The molecule has 0 aliphatic heterocycles. The molecule has 0 amide bonds. The van der Waals surface area contributed by atoms with Crippen LogP contribution in [0.2, 0.25) is 5.15 Å². The van der Waals surface area contributed by atoms with Crippen molar-refractivity contribution in [2.24, 2.45) is 0 Å². The molecule has 0 spiro atoms. The first-order valence-corrected chi connectivity index (χ1v) is 8.60. The van der Waals surface area contributed by atoms with Crippen LogP contribution in [0.1, 0.15) is 11.1 Å². The van der Waals surface area contributed by atoms with Gasteiger partial charge in [-0.1, -0.05) is 35.9 Å². The average Bonchev–Trinajstić information content (AvgIpc) is 2.66. The Hall–Kier alpha value is -2.96. The summed E-state index contributed by atoms with van der Waals surface area (Å²) in [5.74, 6) is 0.528. The lowest BCUT2D eigenvalue weighted by molar-refractivity contribution is -0.385. The molecule has 0 fully saturated rings. The molecule has 1 heterocycles. The fourth-order valence-electron chi connectivity index (χ4n) is 2.57. The van der Waals surface area contributed by atoms with Gasteiger partial charge >= 0.3 is 0 Å². The number of nitro benzene ring substituents is 1. The third-order valence-corrected chi connectivity index (χ3v) is 4.20. The lowest BCUT2D eigenvalue weighted by atomic mass is 10.1. The van der Waals surface area contributed by atoms with E-state index in [0.717, 1.165) is 10.9 Å². The topological polar surface area (TPSA) is 74.5 Å². The zero-order chi connectivity index (χ0) is 19.2. The maximum Gasteiger partial charge on any atom is 0.276 e. The average molecular weight is 385 g/mol. The van der Waals surface area contributed by atoms with Gasteiger partial charge in [0.2, 0.25) is 0 Å². The summed E-state index contributed by atoms with van der Waals surface area (Å²) >= 11 is 6.25. The number of fused-ring (bicyclic) bond motifs is 1. The third kappa shape index (κ3) is 4.61. The molecule has 0 radical (unpaired) electrons. The van der Waals surface area contributed by atoms with Gasteiger partial charge in [-0.05, 0) is 30.3 Å². The van der Waals surface area contributed by atoms with Crippen LogP contribution in [0.4, 0.5) is 5.69 Å². The zero-order valence-electron chi connectivity index (χ0n) is 14.6. The molecule has 3 aromatic rings. The van der Waals surface area contributed by atoms with E-state index < -0.39 is 4.92 Å². The molecular weight excluding hydrogens is 368 g/mol. The Morgan fingerprint density at radius 1 is 1.11 bits per heavy atom. The van der Waals surface area contributed by atoms with Crippen molar-refractivity contribution in [2.45, 2.75) is 0 Å². The van der Waals surface area contributed by atoms with Crippen molar-refractivity contribution in [1.82, 2.24) is 4.98 Å². The molecule has 0 aliphatic carbocycles. The highest BCUT2D eigenvalue weighted by Crippen LogP contribution is 2.28. The lowest BCUT2D eigenvalue weighted by Gasteiger charge is -2.07. The largest absolute Gasteiger partial charge is 0.491 e. The van der Waals surface area contributed by atoms with Gasteiger partial charge in [-0.15, -0.1) is 0 Å². The highest BCUT2D eigenvalue weighted by Gasteiger charge is 2.13. The zero-order valence-corrected chi connectivity index (χ0v) is 15.3. The maximum atomic E-state index is 11.3. The summed E-state index contributed by atoms with van der Waals surface area (Å²) in [6, 6.07) is 14.1. The number of nitro groups is 1. The second kappa shape index (κ2) is 8.62. The van der Waals surface area contributed by atoms with E-state index in [-0.39, 0.29) is 5.69 Å². The Labute approximate surface area is 161 Å². The molecule has 2 aromatic carbocycles. The fraction of sp³-hybridized carbons (Fsp3) is 0.150. The van der Waals surface area contributed by atoms with Gasteiger partial charge in [-0.2, -0.15) is 0 Å². The van der Waals surface area contributed by atoms with Crippen molar-refractivity contribution in [1.29, 1.82) is 0 Å². The van der Waals surface area contributed by atoms with Crippen LogP contribution in [0.3, 0.4) is 0 Å². The number of para-hydroxylation sites is 1. The molecule has 0 unspecified atom stereocenters. The molecular formula is C20H17ClN2O4. The smallest absolute Gasteiger partial charge is 0.276 e. The quantitative estimate of drug-likeness (QED) is 0.248. The molecule has 7 heteroatoms. The normalized spacial score (nSPS) is 11.2. The van der Waals surface area contributed by atoms with Crippen molar-refractivity contribution >= 4 is 40.3 Å². The van der Waals surface area contributed by atoms with Gasteiger partial charge < -0.3 is 9.47 Å². The molecule has 1 aromatic heterocycles. The van der Waals surface area contributed by atoms with Crippen molar-refractivity contribution in [3.63, 3.8) is 0 Å². The van der Waals surface area contributed by atoms with E-state index in [1.807, 2.05) is 30.3 Å². The molecule has 0 atom stereocenters. The number of ether oxygens (including phenoxy) is 2. The van der Waals surface area contributed by atoms with Gasteiger partial charge in [-0.3, -0.25) is 10.1 Å². The van der Waals surface area contributed by atoms with Crippen LogP contribution in [0, 0.1) is 10.1 Å². The first kappa shape index (κ1) is 18.8. The standard InChI is InChI=1S/C20H17ClN2O4/c1-26-10-11-27-17-8-9-19(23(24)25)15(13-17)6-7-16-12-14-4-2-3-5-18(14)22-20(16)21/h2-9,12-13H,10-11H2,1H3/b7-6+. The van der Waals surface area contributed by atoms with E-state index in [4.69, 9.17) is 21.1 Å². The SMILES string of the molecule is COCCOc1ccc([N+](=O)[O-])c(/C=C/c2cc3ccccc3nc2Cl)c1. The minimum Gasteiger partial charge on any atom is -0.491 e. The Morgan fingerprint density at radius 3 is 2.67 bits per heavy atom. The summed E-state index contributed by atoms with van der Waals surface area (Å²) in [4.78, 5) is 15.2. The molecule has 0 saturated carbocycles. The Balaban J connectivity index is 1.94. The van der Waals surface area contributed by atoms with E-state index in [0.29, 0.717) is 35.2 Å². The number of rotatable bonds is 7. The van der Waals surface area contributed by atoms with Crippen LogP contribution >= 0.6 is 11.6 Å². The van der Waals surface area contributed by atoms with Gasteiger partial charge in [0.05, 0.1) is 22.6 Å². The molecule has 0 bridgehead atoms. The first-order chi connectivity index (χ1) is 13.1. The number of halogens is 1. The van der Waals surface area contributed by atoms with Crippen molar-refractivity contribution < 1.29 is 14.4 Å². The molecule has 138 valence electrons. The molecule has 3 rings (SSSR count). The van der Waals surface area contributed by atoms with Crippen LogP contribution < -0.4 is 4.74 Å². The molecule has 0 N–H and O–H groups in total. The van der Waals surface area contributed by atoms with E-state index in [1.54, 1.807) is 31.4 Å². The predicted octanol–water partition coefficient (Wildman–Crippen LogP) is 4.99. The summed E-state index contributed by atoms with van der Waals surface area (Å²) in [6.07, 6.45) is 3.35. The first-order valence-electron chi connectivity index (χ1n) is 8.22. The summed E-state index contributed by atoms with van der Waals surface area (Å²) in [7, 11) is 1.58. The number of pyridine rings is 1. The van der Waals surface area contributed by atoms with Crippen molar-refractivity contribution in [3.05, 3.63) is 74.9 Å². The minimum absolute atomic E-state index is 0.0183. The summed E-state index contributed by atoms with van der Waals surface area (Å²) < 4.78 is 10.5. The number of benzene rings is 2. The van der Waals surface area contributed by atoms with Crippen LogP contribution in [-0.4, -0.2) is 30.2 Å². The molecule has 27 heavy (non-hydrogen) atoms. The molecule has 0 aliphatic rings. The number of methoxy groups -OCH3 is 1. The highest BCUT2D eigenvalue weighted by molar-refractivity contribution is 6.31. The maximum absolute atomic E-state index is 11.3. The Kier molecular flexibility index (Phi) is 6.01. The fourth-order valence-corrected chi connectivity index (χ4v) is 2.78. The van der Waals surface area contributed by atoms with E-state index in [1.165, 1.54) is 6.07 Å². The number of nitrogens with zero attached hydrogens (tertiary/aromatic N) is 2. The van der Waals surface area contributed by atoms with Crippen LogP contribution in [0.15, 0.2) is 48.5 Å². The van der Waals surface area contributed by atoms with E-state index in [9.17, 15) is 10.1 Å². The van der Waals surface area contributed by atoms with E-state index >= 15 is 0 Å². The number of aromatic nitrogens is 1. The van der Waals surface area contributed by atoms with Crippen LogP contribution in [0.25, 0.3) is 23.1 Å². The van der Waals surface area contributed by atoms with Crippen LogP contribution in [0.5, 0.6) is 5.75 Å². The molecule has 6 nitrogen and oxygen atoms in total. The van der Waals surface area contributed by atoms with Gasteiger partial charge in [0, 0.05) is 24.1 Å². The van der Waals surface area contributed by atoms with Gasteiger partial charge in [0.25, 0.3) is 5.69 Å². The predicted molar refractivity (Wildman–Crippen MR) is 106 cm³/mol. The van der Waals surface area contributed by atoms with E-state index in [2.05, 4.69) is 4.98 Å². The monoisotopic (exact) mass is 384 g/mol. The summed E-state index contributed by atoms with van der Waals surface area (Å²) in [6.45, 7) is 0.790. The van der Waals surface area contributed by atoms with Gasteiger partial charge in [-0.25, -0.2) is 4.98 Å². The van der Waals surface area contributed by atoms with Gasteiger partial charge in [0.15, 0.2) is 0 Å². The number of hydrogen-bond acceptors (Lipinski definition) is 5. The third-order valence-electron chi connectivity index (χ3n) is 3.90. The minimum atomic E-state index is -0.432. The summed E-state index contributed by atoms with van der Waals surface area (Å²) in [5, 5.41) is 12.6. The second-order valence-electron chi connectivity index (χ2n) is 5.71. The Bertz CT molecular complexity index is 1000. The highest BCUT2D eigenvalue weighted by atomic mass is 35.5. The number of hydrogen-bond donors (Lipinski definition) is 0. The Morgan fingerprint density at radius 2 is 1.89 bits per heavy atom. The molecule has 0 saturated heterocycles.